The summed E-state index contributed by atoms with van der Waals surface area (Å²) in [5.74, 6) is 0.903. The Hall–Kier alpha value is -2.40. The van der Waals surface area contributed by atoms with Crippen LogP contribution in [0.4, 0.5) is 0 Å². The minimum Gasteiger partial charge on any atom is -0.340 e. The summed E-state index contributed by atoms with van der Waals surface area (Å²) >= 11 is 3.51. The molecule has 4 rings (SSSR count). The average Bonchev–Trinajstić information content (AvgIpc) is 3.27. The van der Waals surface area contributed by atoms with E-state index in [0.29, 0.717) is 0 Å². The van der Waals surface area contributed by atoms with Gasteiger partial charge in [0.2, 0.25) is 5.91 Å². The number of benzene rings is 2. The third-order valence-electron chi connectivity index (χ3n) is 4.57. The monoisotopic (exact) mass is 395 g/mol. The van der Waals surface area contributed by atoms with E-state index < -0.39 is 0 Å². The van der Waals surface area contributed by atoms with Gasteiger partial charge < -0.3 is 9.88 Å². The number of aromatic amines is 1. The number of nitrogens with zero attached hydrogens (tertiary/aromatic N) is 2. The molecule has 4 nitrogen and oxygen atoms in total. The van der Waals surface area contributed by atoms with Crippen LogP contribution in [0.25, 0.3) is 17.1 Å². The van der Waals surface area contributed by atoms with Crippen molar-refractivity contribution in [3.63, 3.8) is 0 Å². The van der Waals surface area contributed by atoms with Gasteiger partial charge in [0.15, 0.2) is 0 Å². The van der Waals surface area contributed by atoms with Crippen molar-refractivity contribution in [2.45, 2.75) is 18.9 Å². The van der Waals surface area contributed by atoms with E-state index in [1.807, 2.05) is 59.5 Å². The number of hydrogen-bond donors (Lipinski definition) is 1. The van der Waals surface area contributed by atoms with Crippen LogP contribution in [0, 0.1) is 0 Å². The summed E-state index contributed by atoms with van der Waals surface area (Å²) in [4.78, 5) is 22.7. The Morgan fingerprint density at radius 2 is 2.00 bits per heavy atom. The molecule has 0 saturated carbocycles. The molecule has 1 N–H and O–H groups in total. The molecule has 126 valence electrons. The smallest absolute Gasteiger partial charge is 0.247 e. The minimum absolute atomic E-state index is 0.0174. The van der Waals surface area contributed by atoms with Gasteiger partial charge in [-0.05, 0) is 42.7 Å². The summed E-state index contributed by atoms with van der Waals surface area (Å²) in [5.41, 5.74) is 2.96. The molecule has 0 radical (unpaired) electrons. The second kappa shape index (κ2) is 6.84. The van der Waals surface area contributed by atoms with Gasteiger partial charge in [0.1, 0.15) is 5.82 Å². The second-order valence-electron chi connectivity index (χ2n) is 6.18. The molecule has 0 spiro atoms. The minimum atomic E-state index is 0.0174. The molecule has 0 aliphatic carbocycles. The zero-order valence-electron chi connectivity index (χ0n) is 13.7. The summed E-state index contributed by atoms with van der Waals surface area (Å²) in [7, 11) is 0. The largest absolute Gasteiger partial charge is 0.340 e. The van der Waals surface area contributed by atoms with Crippen molar-refractivity contribution in [3.05, 3.63) is 70.5 Å². The van der Waals surface area contributed by atoms with Gasteiger partial charge in [-0.1, -0.05) is 46.3 Å². The number of amides is 1. The fraction of sp³-hybridized carbons (Fsp3) is 0.200. The molecular weight excluding hydrogens is 378 g/mol. The first-order valence-corrected chi connectivity index (χ1v) is 9.19. The number of aromatic nitrogens is 2. The molecule has 5 heteroatoms. The molecule has 1 amide bonds. The second-order valence-corrected chi connectivity index (χ2v) is 7.04. The predicted molar refractivity (Wildman–Crippen MR) is 103 cm³/mol. The number of H-pyrrole nitrogens is 1. The summed E-state index contributed by atoms with van der Waals surface area (Å²) in [6.45, 7) is 0.765. The first-order chi connectivity index (χ1) is 12.2. The SMILES string of the molecule is O=C(C=Cc1ccccc1Br)N1CCCC1c1nc2ccccc2[nH]1. The molecule has 1 aliphatic rings. The van der Waals surface area contributed by atoms with Crippen LogP contribution in [0.2, 0.25) is 0 Å². The Morgan fingerprint density at radius 3 is 2.84 bits per heavy atom. The van der Waals surface area contributed by atoms with Gasteiger partial charge >= 0.3 is 0 Å². The Labute approximate surface area is 154 Å². The van der Waals surface area contributed by atoms with Crippen LogP contribution in [-0.4, -0.2) is 27.3 Å². The van der Waals surface area contributed by atoms with Crippen LogP contribution in [0.5, 0.6) is 0 Å². The number of carbonyl (C=O) groups is 1. The maximum atomic E-state index is 12.7. The predicted octanol–water partition coefficient (Wildman–Crippen LogP) is 4.70. The Kier molecular flexibility index (Phi) is 4.40. The fourth-order valence-electron chi connectivity index (χ4n) is 3.31. The maximum Gasteiger partial charge on any atom is 0.247 e. The van der Waals surface area contributed by atoms with Gasteiger partial charge in [0, 0.05) is 17.1 Å². The van der Waals surface area contributed by atoms with Gasteiger partial charge in [-0.25, -0.2) is 4.98 Å². The first-order valence-electron chi connectivity index (χ1n) is 8.40. The van der Waals surface area contributed by atoms with Crippen molar-refractivity contribution >= 4 is 38.9 Å². The molecule has 2 aromatic carbocycles. The van der Waals surface area contributed by atoms with E-state index in [-0.39, 0.29) is 11.9 Å². The average molecular weight is 396 g/mol. The van der Waals surface area contributed by atoms with Gasteiger partial charge in [-0.15, -0.1) is 0 Å². The number of likely N-dealkylation sites (tertiary alicyclic amines) is 1. The van der Waals surface area contributed by atoms with Crippen molar-refractivity contribution < 1.29 is 4.79 Å². The molecule has 3 aromatic rings. The van der Waals surface area contributed by atoms with Crippen LogP contribution >= 0.6 is 15.9 Å². The molecule has 0 bridgehead atoms. The highest BCUT2D eigenvalue weighted by molar-refractivity contribution is 9.10. The highest BCUT2D eigenvalue weighted by Crippen LogP contribution is 2.31. The van der Waals surface area contributed by atoms with E-state index in [2.05, 4.69) is 25.9 Å². The lowest BCUT2D eigenvalue weighted by Gasteiger charge is -2.21. The standard InChI is InChI=1S/C20H18BrN3O/c21-15-7-2-1-6-14(15)11-12-19(25)24-13-5-10-18(24)20-22-16-8-3-4-9-17(16)23-20/h1-4,6-9,11-12,18H,5,10,13H2,(H,22,23). The van der Waals surface area contributed by atoms with Crippen molar-refractivity contribution in [1.29, 1.82) is 0 Å². The number of carbonyl (C=O) groups excluding carboxylic acids is 1. The zero-order chi connectivity index (χ0) is 17.2. The van der Waals surface area contributed by atoms with Gasteiger partial charge in [-0.2, -0.15) is 0 Å². The van der Waals surface area contributed by atoms with E-state index in [1.165, 1.54) is 0 Å². The number of rotatable bonds is 3. The van der Waals surface area contributed by atoms with Gasteiger partial charge in [0.05, 0.1) is 17.1 Å². The number of halogens is 1. The van der Waals surface area contributed by atoms with E-state index >= 15 is 0 Å². The number of nitrogens with one attached hydrogen (secondary N) is 1. The Balaban J connectivity index is 1.56. The molecule has 1 fully saturated rings. The van der Waals surface area contributed by atoms with Crippen LogP contribution in [0.15, 0.2) is 59.1 Å². The third-order valence-corrected chi connectivity index (χ3v) is 5.29. The quantitative estimate of drug-likeness (QED) is 0.653. The highest BCUT2D eigenvalue weighted by atomic mass is 79.9. The fourth-order valence-corrected chi connectivity index (χ4v) is 3.73. The van der Waals surface area contributed by atoms with Crippen molar-refractivity contribution in [1.82, 2.24) is 14.9 Å². The highest BCUT2D eigenvalue weighted by Gasteiger charge is 2.31. The van der Waals surface area contributed by atoms with Crippen molar-refractivity contribution in [2.75, 3.05) is 6.54 Å². The first kappa shape index (κ1) is 16.1. The van der Waals surface area contributed by atoms with E-state index in [0.717, 1.165) is 46.3 Å². The Bertz CT molecular complexity index is 914. The van der Waals surface area contributed by atoms with E-state index in [4.69, 9.17) is 0 Å². The molecule has 1 atom stereocenters. The molecule has 1 unspecified atom stereocenters. The van der Waals surface area contributed by atoms with Crippen molar-refractivity contribution in [3.8, 4) is 0 Å². The maximum absolute atomic E-state index is 12.7. The zero-order valence-corrected chi connectivity index (χ0v) is 15.2. The van der Waals surface area contributed by atoms with Gasteiger partial charge in [0.25, 0.3) is 0 Å². The third kappa shape index (κ3) is 3.24. The molecule has 2 heterocycles. The molecule has 25 heavy (non-hydrogen) atoms. The van der Waals surface area contributed by atoms with E-state index in [9.17, 15) is 4.79 Å². The van der Waals surface area contributed by atoms with Gasteiger partial charge in [-0.3, -0.25) is 4.79 Å². The van der Waals surface area contributed by atoms with Crippen LogP contribution < -0.4 is 0 Å². The molecule has 1 aliphatic heterocycles. The lowest BCUT2D eigenvalue weighted by Crippen LogP contribution is -2.29. The van der Waals surface area contributed by atoms with Crippen LogP contribution in [0.3, 0.4) is 0 Å². The molecule has 1 aromatic heterocycles. The number of para-hydroxylation sites is 2. The number of hydrogen-bond acceptors (Lipinski definition) is 2. The Morgan fingerprint density at radius 1 is 1.20 bits per heavy atom. The number of fused-ring (bicyclic) bond motifs is 1. The van der Waals surface area contributed by atoms with E-state index in [1.54, 1.807) is 6.08 Å². The van der Waals surface area contributed by atoms with Crippen LogP contribution in [0.1, 0.15) is 30.3 Å². The summed E-state index contributed by atoms with van der Waals surface area (Å²) in [5, 5.41) is 0. The normalized spacial score (nSPS) is 17.6. The summed E-state index contributed by atoms with van der Waals surface area (Å²) in [6.07, 6.45) is 5.45. The molecule has 1 saturated heterocycles. The van der Waals surface area contributed by atoms with Crippen LogP contribution in [-0.2, 0) is 4.79 Å². The summed E-state index contributed by atoms with van der Waals surface area (Å²) < 4.78 is 0.981. The topological polar surface area (TPSA) is 49.0 Å². The lowest BCUT2D eigenvalue weighted by atomic mass is 10.2. The lowest BCUT2D eigenvalue weighted by molar-refractivity contribution is -0.126. The number of imidazole rings is 1. The van der Waals surface area contributed by atoms with Crippen molar-refractivity contribution in [2.24, 2.45) is 0 Å². The summed E-state index contributed by atoms with van der Waals surface area (Å²) in [6, 6.07) is 15.9. The molecular formula is C20H18BrN3O.